The second-order valence-corrected chi connectivity index (χ2v) is 6.56. The summed E-state index contributed by atoms with van der Waals surface area (Å²) >= 11 is 0. The molecule has 0 aliphatic rings. The highest BCUT2D eigenvalue weighted by Crippen LogP contribution is 2.23. The van der Waals surface area contributed by atoms with Gasteiger partial charge in [-0.05, 0) is 63.2 Å². The van der Waals surface area contributed by atoms with Crippen molar-refractivity contribution in [2.45, 2.75) is 26.3 Å². The summed E-state index contributed by atoms with van der Waals surface area (Å²) in [5.74, 6) is 0.952. The van der Waals surface area contributed by atoms with Crippen molar-refractivity contribution in [3.63, 3.8) is 0 Å². The molecule has 0 aliphatic carbocycles. The smallest absolute Gasteiger partial charge is 0.234 e. The van der Waals surface area contributed by atoms with E-state index >= 15 is 0 Å². The number of carbonyl (C=O) groups is 1. The van der Waals surface area contributed by atoms with Crippen LogP contribution in [0.1, 0.15) is 19.4 Å². The maximum atomic E-state index is 11.8. The minimum Gasteiger partial charge on any atom is -0.494 e. The molecular formula is C21H28N2O2. The number of carbonyl (C=O) groups excluding carboxylic acids is 1. The Kier molecular flexibility index (Phi) is 7.02. The summed E-state index contributed by atoms with van der Waals surface area (Å²) in [7, 11) is 3.79. The van der Waals surface area contributed by atoms with Gasteiger partial charge in [0.2, 0.25) is 5.91 Å². The van der Waals surface area contributed by atoms with Crippen LogP contribution in [0.15, 0.2) is 48.5 Å². The van der Waals surface area contributed by atoms with E-state index in [0.717, 1.165) is 12.2 Å². The third-order valence-corrected chi connectivity index (χ3v) is 3.86. The molecule has 2 rings (SSSR count). The zero-order valence-corrected chi connectivity index (χ0v) is 15.6. The first-order valence-electron chi connectivity index (χ1n) is 8.74. The second-order valence-electron chi connectivity index (χ2n) is 6.56. The van der Waals surface area contributed by atoms with Crippen molar-refractivity contribution in [2.24, 2.45) is 0 Å². The number of nitrogens with one attached hydrogen (secondary N) is 1. The van der Waals surface area contributed by atoms with E-state index in [4.69, 9.17) is 4.74 Å². The average molecular weight is 340 g/mol. The first-order chi connectivity index (χ1) is 12.0. The highest BCUT2D eigenvalue weighted by Gasteiger charge is 2.09. The van der Waals surface area contributed by atoms with Crippen LogP contribution in [0, 0.1) is 0 Å². The normalized spacial score (nSPS) is 12.0. The molecule has 1 atom stereocenters. The van der Waals surface area contributed by atoms with Gasteiger partial charge in [-0.3, -0.25) is 4.79 Å². The number of amides is 1. The summed E-state index contributed by atoms with van der Waals surface area (Å²) < 4.78 is 5.48. The highest BCUT2D eigenvalue weighted by molar-refractivity contribution is 5.78. The van der Waals surface area contributed by atoms with Crippen molar-refractivity contribution < 1.29 is 9.53 Å². The molecule has 0 heterocycles. The van der Waals surface area contributed by atoms with Crippen LogP contribution in [0.3, 0.4) is 0 Å². The van der Waals surface area contributed by atoms with Crippen molar-refractivity contribution >= 4 is 5.91 Å². The fourth-order valence-electron chi connectivity index (χ4n) is 2.76. The Morgan fingerprint density at radius 3 is 2.12 bits per heavy atom. The minimum absolute atomic E-state index is 0.0588. The first kappa shape index (κ1) is 19.0. The van der Waals surface area contributed by atoms with Crippen LogP contribution in [0.5, 0.6) is 5.75 Å². The molecule has 0 radical (unpaired) electrons. The number of hydrogen-bond acceptors (Lipinski definition) is 3. The van der Waals surface area contributed by atoms with Crippen LogP contribution in [0.2, 0.25) is 0 Å². The minimum atomic E-state index is 0.0588. The van der Waals surface area contributed by atoms with E-state index in [2.05, 4.69) is 41.7 Å². The predicted octanol–water partition coefficient (Wildman–Crippen LogP) is 3.36. The Bertz CT molecular complexity index is 663. The van der Waals surface area contributed by atoms with Crippen LogP contribution >= 0.6 is 0 Å². The Morgan fingerprint density at radius 2 is 1.60 bits per heavy atom. The van der Waals surface area contributed by atoms with Gasteiger partial charge in [-0.15, -0.1) is 0 Å². The average Bonchev–Trinajstić information content (AvgIpc) is 2.55. The number of likely N-dealkylation sites (N-methyl/N-ethyl adjacent to an activating group) is 1. The van der Waals surface area contributed by atoms with E-state index < -0.39 is 0 Å². The third kappa shape index (κ3) is 6.24. The summed E-state index contributed by atoms with van der Waals surface area (Å²) in [6.45, 7) is 5.11. The molecule has 0 aromatic heterocycles. The molecule has 4 nitrogen and oxygen atoms in total. The monoisotopic (exact) mass is 340 g/mol. The van der Waals surface area contributed by atoms with E-state index in [9.17, 15) is 4.79 Å². The van der Waals surface area contributed by atoms with Crippen molar-refractivity contribution in [3.8, 4) is 16.9 Å². The van der Waals surface area contributed by atoms with Gasteiger partial charge in [-0.2, -0.15) is 0 Å². The van der Waals surface area contributed by atoms with Gasteiger partial charge in [-0.1, -0.05) is 36.4 Å². The zero-order valence-electron chi connectivity index (χ0n) is 15.6. The molecule has 1 N–H and O–H groups in total. The summed E-state index contributed by atoms with van der Waals surface area (Å²) in [5.41, 5.74) is 3.56. The SMILES string of the molecule is CCOc1ccc(-c2ccc(CC(C)NC(=O)CN(C)C)cc2)cc1. The van der Waals surface area contributed by atoms with Gasteiger partial charge in [-0.25, -0.2) is 0 Å². The number of ether oxygens (including phenoxy) is 1. The standard InChI is InChI=1S/C21H28N2O2/c1-5-25-20-12-10-19(11-13-20)18-8-6-17(7-9-18)14-16(2)22-21(24)15-23(3)4/h6-13,16H,5,14-15H2,1-4H3,(H,22,24). The van der Waals surface area contributed by atoms with Gasteiger partial charge in [0.1, 0.15) is 5.75 Å². The molecule has 1 amide bonds. The lowest BCUT2D eigenvalue weighted by atomic mass is 10.0. The lowest BCUT2D eigenvalue weighted by molar-refractivity contribution is -0.122. The molecule has 4 heteroatoms. The van der Waals surface area contributed by atoms with Gasteiger partial charge in [0.05, 0.1) is 13.2 Å². The van der Waals surface area contributed by atoms with Crippen LogP contribution in [-0.4, -0.2) is 44.1 Å². The molecule has 0 aliphatic heterocycles. The molecule has 0 saturated carbocycles. The Balaban J connectivity index is 1.94. The molecule has 0 spiro atoms. The summed E-state index contributed by atoms with van der Waals surface area (Å²) in [5, 5.41) is 3.03. The van der Waals surface area contributed by atoms with Crippen LogP contribution in [0.4, 0.5) is 0 Å². The largest absolute Gasteiger partial charge is 0.494 e. The van der Waals surface area contributed by atoms with Gasteiger partial charge in [0.25, 0.3) is 0 Å². The van der Waals surface area contributed by atoms with Crippen molar-refractivity contribution in [1.82, 2.24) is 10.2 Å². The van der Waals surface area contributed by atoms with Crippen LogP contribution < -0.4 is 10.1 Å². The highest BCUT2D eigenvalue weighted by atomic mass is 16.5. The number of benzene rings is 2. The van der Waals surface area contributed by atoms with E-state index in [1.807, 2.05) is 45.0 Å². The molecule has 0 fully saturated rings. The maximum Gasteiger partial charge on any atom is 0.234 e. The quantitative estimate of drug-likeness (QED) is 0.801. The molecular weight excluding hydrogens is 312 g/mol. The molecule has 0 bridgehead atoms. The maximum absolute atomic E-state index is 11.8. The van der Waals surface area contributed by atoms with Gasteiger partial charge < -0.3 is 15.0 Å². The zero-order chi connectivity index (χ0) is 18.2. The summed E-state index contributed by atoms with van der Waals surface area (Å²) in [6, 6.07) is 16.8. The molecule has 1 unspecified atom stereocenters. The van der Waals surface area contributed by atoms with Gasteiger partial charge in [0.15, 0.2) is 0 Å². The molecule has 2 aromatic rings. The lowest BCUT2D eigenvalue weighted by Crippen LogP contribution is -2.39. The van der Waals surface area contributed by atoms with E-state index in [1.165, 1.54) is 16.7 Å². The summed E-state index contributed by atoms with van der Waals surface area (Å²) in [4.78, 5) is 13.7. The predicted molar refractivity (Wildman–Crippen MR) is 103 cm³/mol. The third-order valence-electron chi connectivity index (χ3n) is 3.86. The van der Waals surface area contributed by atoms with Crippen molar-refractivity contribution in [3.05, 3.63) is 54.1 Å². The van der Waals surface area contributed by atoms with E-state index in [0.29, 0.717) is 13.2 Å². The van der Waals surface area contributed by atoms with E-state index in [-0.39, 0.29) is 11.9 Å². The Labute approximate surface area is 150 Å². The number of nitrogens with zero attached hydrogens (tertiary/aromatic N) is 1. The first-order valence-corrected chi connectivity index (χ1v) is 8.74. The van der Waals surface area contributed by atoms with E-state index in [1.54, 1.807) is 0 Å². The fraction of sp³-hybridized carbons (Fsp3) is 0.381. The number of rotatable bonds is 8. The summed E-state index contributed by atoms with van der Waals surface area (Å²) in [6.07, 6.45) is 0.822. The molecule has 134 valence electrons. The van der Waals surface area contributed by atoms with Crippen molar-refractivity contribution in [1.29, 1.82) is 0 Å². The van der Waals surface area contributed by atoms with Gasteiger partial charge in [0, 0.05) is 6.04 Å². The number of hydrogen-bond donors (Lipinski definition) is 1. The van der Waals surface area contributed by atoms with Crippen LogP contribution in [-0.2, 0) is 11.2 Å². The molecule has 2 aromatic carbocycles. The molecule has 0 saturated heterocycles. The fourth-order valence-corrected chi connectivity index (χ4v) is 2.76. The van der Waals surface area contributed by atoms with Gasteiger partial charge >= 0.3 is 0 Å². The van der Waals surface area contributed by atoms with Crippen LogP contribution in [0.25, 0.3) is 11.1 Å². The van der Waals surface area contributed by atoms with Crippen molar-refractivity contribution in [2.75, 3.05) is 27.2 Å². The molecule has 25 heavy (non-hydrogen) atoms. The lowest BCUT2D eigenvalue weighted by Gasteiger charge is -2.16. The Morgan fingerprint density at radius 1 is 1.04 bits per heavy atom. The second kappa shape index (κ2) is 9.23. The topological polar surface area (TPSA) is 41.6 Å². The Hall–Kier alpha value is -2.33.